The van der Waals surface area contributed by atoms with Crippen molar-refractivity contribution in [3.05, 3.63) is 38.9 Å². The smallest absolute Gasteiger partial charge is 0.288 e. The first-order chi connectivity index (χ1) is 11.5. The highest BCUT2D eigenvalue weighted by Gasteiger charge is 2.34. The van der Waals surface area contributed by atoms with E-state index >= 15 is 0 Å². The van der Waals surface area contributed by atoms with E-state index in [4.69, 9.17) is 23.8 Å². The van der Waals surface area contributed by atoms with Crippen molar-refractivity contribution in [2.75, 3.05) is 19.6 Å². The molecule has 3 aliphatic rings. The maximum Gasteiger partial charge on any atom is 0.288 e. The Hall–Kier alpha value is -1.77. The molecule has 3 heterocycles. The average Bonchev–Trinajstić information content (AvgIpc) is 2.57. The number of halogens is 1. The van der Waals surface area contributed by atoms with Crippen LogP contribution < -0.4 is 10.7 Å². The zero-order valence-electron chi connectivity index (χ0n) is 12.9. The van der Waals surface area contributed by atoms with Gasteiger partial charge in [0.2, 0.25) is 0 Å². The summed E-state index contributed by atoms with van der Waals surface area (Å²) in [5.41, 5.74) is 3.20. The van der Waals surface area contributed by atoms with E-state index in [9.17, 15) is 10.1 Å². The van der Waals surface area contributed by atoms with Crippen LogP contribution in [0.15, 0.2) is 23.3 Å². The summed E-state index contributed by atoms with van der Waals surface area (Å²) < 4.78 is 0. The minimum atomic E-state index is -0.521. The normalized spacial score (nSPS) is 25.6. The van der Waals surface area contributed by atoms with Crippen molar-refractivity contribution in [2.24, 2.45) is 11.0 Å². The second-order valence-corrected chi connectivity index (χ2v) is 6.87. The van der Waals surface area contributed by atoms with Crippen molar-refractivity contribution < 1.29 is 4.92 Å². The van der Waals surface area contributed by atoms with E-state index in [1.54, 1.807) is 6.07 Å². The van der Waals surface area contributed by atoms with Crippen molar-refractivity contribution in [1.82, 2.24) is 15.6 Å². The zero-order valence-corrected chi connectivity index (χ0v) is 14.5. The summed E-state index contributed by atoms with van der Waals surface area (Å²) >= 11 is 11.0. The molecule has 0 aliphatic carbocycles. The van der Waals surface area contributed by atoms with Crippen LogP contribution >= 0.6 is 23.8 Å². The van der Waals surface area contributed by atoms with Crippen LogP contribution in [0.4, 0.5) is 5.69 Å². The summed E-state index contributed by atoms with van der Waals surface area (Å²) in [5, 5.41) is 18.8. The number of benzene rings is 1. The van der Waals surface area contributed by atoms with E-state index in [0.29, 0.717) is 22.6 Å². The molecule has 1 aromatic rings. The maximum atomic E-state index is 10.9. The second kappa shape index (κ2) is 7.42. The highest BCUT2D eigenvalue weighted by molar-refractivity contribution is 7.80. The number of piperidine rings is 3. The second-order valence-electron chi connectivity index (χ2n) is 6.06. The van der Waals surface area contributed by atoms with Gasteiger partial charge in [-0.15, -0.1) is 0 Å². The topological polar surface area (TPSA) is 82.8 Å². The predicted octanol–water partition coefficient (Wildman–Crippen LogP) is 2.14. The van der Waals surface area contributed by atoms with E-state index in [1.165, 1.54) is 44.3 Å². The summed E-state index contributed by atoms with van der Waals surface area (Å²) in [5.74, 6) is 0.664. The van der Waals surface area contributed by atoms with E-state index < -0.39 is 4.92 Å². The lowest BCUT2D eigenvalue weighted by Gasteiger charge is -2.45. The fraction of sp³-hybridized carbons (Fsp3) is 0.467. The molecule has 1 atom stereocenters. The highest BCUT2D eigenvalue weighted by atomic mass is 35.5. The van der Waals surface area contributed by atoms with Gasteiger partial charge in [-0.2, -0.15) is 5.10 Å². The molecular weight excluding hydrogens is 350 g/mol. The lowest BCUT2D eigenvalue weighted by atomic mass is 9.84. The average molecular weight is 368 g/mol. The van der Waals surface area contributed by atoms with Crippen molar-refractivity contribution in [3.8, 4) is 0 Å². The summed E-state index contributed by atoms with van der Waals surface area (Å²) in [4.78, 5) is 12.8. The van der Waals surface area contributed by atoms with Crippen LogP contribution in [-0.2, 0) is 0 Å². The van der Waals surface area contributed by atoms with Crippen molar-refractivity contribution in [3.63, 3.8) is 0 Å². The standard InChI is InChI=1S/C15H18ClN5O2S/c16-12-2-1-10(7-14(12)21(22)23)8-17-19-15(24)18-13-9-20-5-3-11(13)4-6-20/h1-2,7-8,11,13H,3-6,9H2,(H2,18,19,24)/b17-8+. The maximum absolute atomic E-state index is 10.9. The van der Waals surface area contributed by atoms with Crippen LogP contribution in [0.1, 0.15) is 18.4 Å². The van der Waals surface area contributed by atoms with Crippen LogP contribution in [0.2, 0.25) is 5.02 Å². The van der Waals surface area contributed by atoms with Gasteiger partial charge in [0.1, 0.15) is 5.02 Å². The number of hydrazone groups is 1. The Kier molecular flexibility index (Phi) is 5.27. The Labute approximate surface area is 150 Å². The third kappa shape index (κ3) is 4.00. The van der Waals surface area contributed by atoms with Crippen LogP contribution in [0, 0.1) is 16.0 Å². The molecule has 3 aliphatic heterocycles. The number of thiocarbonyl (C=S) groups is 1. The molecule has 0 spiro atoms. The third-order valence-corrected chi connectivity index (χ3v) is 5.05. The van der Waals surface area contributed by atoms with Gasteiger partial charge in [-0.1, -0.05) is 17.7 Å². The number of hydrogen-bond donors (Lipinski definition) is 2. The molecule has 2 bridgehead atoms. The van der Waals surface area contributed by atoms with Crippen LogP contribution in [-0.4, -0.2) is 46.8 Å². The molecule has 0 aromatic heterocycles. The molecule has 0 amide bonds. The number of fused-ring (bicyclic) bond motifs is 3. The first-order valence-electron chi connectivity index (χ1n) is 7.79. The van der Waals surface area contributed by atoms with Crippen molar-refractivity contribution in [1.29, 1.82) is 0 Å². The Balaban J connectivity index is 1.53. The lowest BCUT2D eigenvalue weighted by molar-refractivity contribution is -0.384. The highest BCUT2D eigenvalue weighted by Crippen LogP contribution is 2.27. The molecular formula is C15H18ClN5O2S. The van der Waals surface area contributed by atoms with Crippen LogP contribution in [0.5, 0.6) is 0 Å². The largest absolute Gasteiger partial charge is 0.357 e. The Morgan fingerprint density at radius 2 is 2.21 bits per heavy atom. The molecule has 24 heavy (non-hydrogen) atoms. The van der Waals surface area contributed by atoms with Crippen molar-refractivity contribution >= 4 is 40.8 Å². The van der Waals surface area contributed by atoms with Crippen molar-refractivity contribution in [2.45, 2.75) is 18.9 Å². The van der Waals surface area contributed by atoms with E-state index in [2.05, 4.69) is 20.7 Å². The number of nitrogens with zero attached hydrogens (tertiary/aromatic N) is 3. The summed E-state index contributed by atoms with van der Waals surface area (Å²) in [6, 6.07) is 4.87. The fourth-order valence-corrected chi connectivity index (χ4v) is 3.64. The van der Waals surface area contributed by atoms with E-state index in [1.807, 2.05) is 0 Å². The first-order valence-corrected chi connectivity index (χ1v) is 8.57. The van der Waals surface area contributed by atoms with E-state index in [0.717, 1.165) is 6.54 Å². The SMILES string of the molecule is O=[N+]([O-])c1cc(/C=N/NC(=S)NC2CN3CCC2CC3)ccc1Cl. The number of nitro benzene ring substituents is 1. The minimum Gasteiger partial charge on any atom is -0.357 e. The van der Waals surface area contributed by atoms with E-state index in [-0.39, 0.29) is 10.7 Å². The Morgan fingerprint density at radius 1 is 1.46 bits per heavy atom. The molecule has 2 N–H and O–H groups in total. The van der Waals surface area contributed by atoms with Crippen LogP contribution in [0.3, 0.4) is 0 Å². The summed E-state index contributed by atoms with van der Waals surface area (Å²) in [6.45, 7) is 3.37. The number of hydrogen-bond acceptors (Lipinski definition) is 5. The number of nitrogens with one attached hydrogen (secondary N) is 2. The molecule has 0 radical (unpaired) electrons. The fourth-order valence-electron chi connectivity index (χ4n) is 3.24. The molecule has 128 valence electrons. The minimum absolute atomic E-state index is 0.102. The molecule has 1 aromatic carbocycles. The molecule has 3 fully saturated rings. The zero-order chi connectivity index (χ0) is 17.1. The van der Waals surface area contributed by atoms with Gasteiger partial charge in [0.25, 0.3) is 5.69 Å². The quantitative estimate of drug-likeness (QED) is 0.367. The lowest BCUT2D eigenvalue weighted by Crippen LogP contribution is -2.58. The molecule has 7 nitrogen and oxygen atoms in total. The summed E-state index contributed by atoms with van der Waals surface area (Å²) in [7, 11) is 0. The van der Waals surface area contributed by atoms with Gasteiger partial charge in [0.05, 0.1) is 11.1 Å². The van der Waals surface area contributed by atoms with Gasteiger partial charge < -0.3 is 10.2 Å². The molecule has 0 saturated carbocycles. The molecule has 9 heteroatoms. The van der Waals surface area contributed by atoms with Gasteiger partial charge >= 0.3 is 0 Å². The monoisotopic (exact) mass is 367 g/mol. The molecule has 1 unspecified atom stereocenters. The first kappa shape index (κ1) is 17.1. The van der Waals surface area contributed by atoms with Crippen LogP contribution in [0.25, 0.3) is 0 Å². The predicted molar refractivity (Wildman–Crippen MR) is 97.5 cm³/mol. The van der Waals surface area contributed by atoms with Gasteiger partial charge in [-0.3, -0.25) is 15.5 Å². The molecule has 4 rings (SSSR count). The number of rotatable bonds is 4. The van der Waals surface area contributed by atoms with Gasteiger partial charge in [0, 0.05) is 24.2 Å². The van der Waals surface area contributed by atoms with Gasteiger partial charge in [0.15, 0.2) is 5.11 Å². The Bertz CT molecular complexity index is 676. The third-order valence-electron chi connectivity index (χ3n) is 4.52. The Morgan fingerprint density at radius 3 is 2.83 bits per heavy atom. The molecule has 3 saturated heterocycles. The van der Waals surface area contributed by atoms with Gasteiger partial charge in [-0.25, -0.2) is 0 Å². The van der Waals surface area contributed by atoms with Gasteiger partial charge in [-0.05, 0) is 50.1 Å². The summed E-state index contributed by atoms with van der Waals surface area (Å²) in [6.07, 6.45) is 3.89. The number of nitro groups is 1.